The summed E-state index contributed by atoms with van der Waals surface area (Å²) in [6.07, 6.45) is 4.06. The number of piperidine rings is 1. The summed E-state index contributed by atoms with van der Waals surface area (Å²) in [7, 11) is 4.26. The quantitative estimate of drug-likeness (QED) is 0.912. The molecule has 0 radical (unpaired) electrons. The Hall–Kier alpha value is -1.00. The zero-order valence-electron chi connectivity index (χ0n) is 11.1. The van der Waals surface area contributed by atoms with E-state index >= 15 is 0 Å². The summed E-state index contributed by atoms with van der Waals surface area (Å²) < 4.78 is 0. The molecule has 18 heavy (non-hydrogen) atoms. The van der Waals surface area contributed by atoms with Crippen molar-refractivity contribution in [2.24, 2.45) is 5.92 Å². The van der Waals surface area contributed by atoms with Crippen LogP contribution >= 0.6 is 11.6 Å². The predicted octanol–water partition coefficient (Wildman–Crippen LogP) is 2.10. The monoisotopic (exact) mass is 268 g/mol. The topological polar surface area (TPSA) is 45.4 Å². The molecule has 0 aliphatic carbocycles. The standard InChI is InChI=1S/C13H21ClN4/c1-17(2)9-10-3-5-18(6-4-10)13-12(14)7-11(15)8-16-13/h7-8,10H,3-6,9,15H2,1-2H3. The molecule has 0 spiro atoms. The molecular formula is C13H21ClN4. The summed E-state index contributed by atoms with van der Waals surface area (Å²) in [6.45, 7) is 3.21. The summed E-state index contributed by atoms with van der Waals surface area (Å²) in [4.78, 5) is 8.86. The molecule has 2 heterocycles. The van der Waals surface area contributed by atoms with E-state index in [1.807, 2.05) is 0 Å². The number of rotatable bonds is 3. The Labute approximate surface area is 114 Å². The minimum Gasteiger partial charge on any atom is -0.397 e. The van der Waals surface area contributed by atoms with Gasteiger partial charge in [-0.15, -0.1) is 0 Å². The molecule has 2 rings (SSSR count). The van der Waals surface area contributed by atoms with Crippen molar-refractivity contribution in [1.29, 1.82) is 0 Å². The summed E-state index contributed by atoms with van der Waals surface area (Å²) in [5, 5.41) is 0.654. The average molecular weight is 269 g/mol. The van der Waals surface area contributed by atoms with E-state index in [1.165, 1.54) is 12.8 Å². The second kappa shape index (κ2) is 5.76. The predicted molar refractivity (Wildman–Crippen MR) is 77.2 cm³/mol. The van der Waals surface area contributed by atoms with Gasteiger partial charge in [-0.05, 0) is 38.9 Å². The Bertz CT molecular complexity index is 400. The molecule has 1 aromatic heterocycles. The molecule has 0 bridgehead atoms. The maximum atomic E-state index is 6.19. The third kappa shape index (κ3) is 3.27. The lowest BCUT2D eigenvalue weighted by Crippen LogP contribution is -2.37. The molecule has 1 saturated heterocycles. The maximum Gasteiger partial charge on any atom is 0.147 e. The van der Waals surface area contributed by atoms with Crippen molar-refractivity contribution in [3.05, 3.63) is 17.3 Å². The fourth-order valence-electron chi connectivity index (χ4n) is 2.52. The van der Waals surface area contributed by atoms with E-state index in [0.29, 0.717) is 10.7 Å². The van der Waals surface area contributed by atoms with Gasteiger partial charge >= 0.3 is 0 Å². The number of anilines is 2. The van der Waals surface area contributed by atoms with Crippen LogP contribution in [0.4, 0.5) is 11.5 Å². The molecule has 1 aromatic rings. The Kier molecular flexibility index (Phi) is 4.30. The van der Waals surface area contributed by atoms with Gasteiger partial charge in [-0.2, -0.15) is 0 Å². The SMILES string of the molecule is CN(C)CC1CCN(c2ncc(N)cc2Cl)CC1. The summed E-state index contributed by atoms with van der Waals surface area (Å²) in [5.41, 5.74) is 6.28. The first kappa shape index (κ1) is 13.4. The number of halogens is 1. The highest BCUT2D eigenvalue weighted by atomic mass is 35.5. The first-order chi connectivity index (χ1) is 8.56. The molecule has 0 atom stereocenters. The molecule has 100 valence electrons. The van der Waals surface area contributed by atoms with Crippen molar-refractivity contribution in [2.75, 3.05) is 44.4 Å². The highest BCUT2D eigenvalue weighted by Gasteiger charge is 2.21. The molecule has 5 heteroatoms. The van der Waals surface area contributed by atoms with Gasteiger partial charge in [-0.25, -0.2) is 4.98 Å². The lowest BCUT2D eigenvalue weighted by atomic mass is 9.96. The molecule has 2 N–H and O–H groups in total. The number of nitrogens with two attached hydrogens (primary N) is 1. The van der Waals surface area contributed by atoms with Crippen LogP contribution in [0, 0.1) is 5.92 Å². The van der Waals surface area contributed by atoms with Crippen molar-refractivity contribution < 1.29 is 0 Å². The van der Waals surface area contributed by atoms with E-state index in [9.17, 15) is 0 Å². The Morgan fingerprint density at radius 2 is 2.11 bits per heavy atom. The van der Waals surface area contributed by atoms with Gasteiger partial charge in [0.05, 0.1) is 16.9 Å². The first-order valence-electron chi connectivity index (χ1n) is 6.37. The minimum absolute atomic E-state index is 0.617. The van der Waals surface area contributed by atoms with E-state index < -0.39 is 0 Å². The van der Waals surface area contributed by atoms with Crippen molar-refractivity contribution in [2.45, 2.75) is 12.8 Å². The lowest BCUT2D eigenvalue weighted by molar-refractivity contribution is 0.284. The Morgan fingerprint density at radius 3 is 2.67 bits per heavy atom. The van der Waals surface area contributed by atoms with Gasteiger partial charge < -0.3 is 15.5 Å². The van der Waals surface area contributed by atoms with Gasteiger partial charge in [0, 0.05) is 19.6 Å². The average Bonchev–Trinajstić information content (AvgIpc) is 2.30. The van der Waals surface area contributed by atoms with Crippen LogP contribution in [0.5, 0.6) is 0 Å². The van der Waals surface area contributed by atoms with Crippen molar-refractivity contribution in [1.82, 2.24) is 9.88 Å². The molecule has 0 aromatic carbocycles. The van der Waals surface area contributed by atoms with Gasteiger partial charge in [0.1, 0.15) is 5.82 Å². The highest BCUT2D eigenvalue weighted by Crippen LogP contribution is 2.28. The summed E-state index contributed by atoms with van der Waals surface area (Å²) >= 11 is 6.19. The number of nitrogen functional groups attached to an aromatic ring is 1. The largest absolute Gasteiger partial charge is 0.397 e. The number of hydrogen-bond acceptors (Lipinski definition) is 4. The lowest BCUT2D eigenvalue weighted by Gasteiger charge is -2.34. The normalized spacial score (nSPS) is 17.4. The summed E-state index contributed by atoms with van der Waals surface area (Å²) in [5.74, 6) is 1.65. The van der Waals surface area contributed by atoms with Crippen LogP contribution in [0.15, 0.2) is 12.3 Å². The van der Waals surface area contributed by atoms with Crippen LogP contribution in [0.2, 0.25) is 5.02 Å². The number of aromatic nitrogens is 1. The molecule has 0 unspecified atom stereocenters. The summed E-state index contributed by atoms with van der Waals surface area (Å²) in [6, 6.07) is 1.77. The van der Waals surface area contributed by atoms with Gasteiger partial charge in [0.25, 0.3) is 0 Å². The van der Waals surface area contributed by atoms with E-state index in [4.69, 9.17) is 17.3 Å². The highest BCUT2D eigenvalue weighted by molar-refractivity contribution is 6.33. The van der Waals surface area contributed by atoms with Gasteiger partial charge in [0.2, 0.25) is 0 Å². The zero-order chi connectivity index (χ0) is 13.1. The molecule has 0 saturated carbocycles. The first-order valence-corrected chi connectivity index (χ1v) is 6.74. The third-order valence-corrected chi connectivity index (χ3v) is 3.66. The van der Waals surface area contributed by atoms with Gasteiger partial charge in [0.15, 0.2) is 0 Å². The van der Waals surface area contributed by atoms with E-state index in [-0.39, 0.29) is 0 Å². The van der Waals surface area contributed by atoms with Crippen LogP contribution in [-0.2, 0) is 0 Å². The van der Waals surface area contributed by atoms with Crippen molar-refractivity contribution in [3.8, 4) is 0 Å². The van der Waals surface area contributed by atoms with Crippen LogP contribution in [-0.4, -0.2) is 43.6 Å². The molecule has 1 aliphatic heterocycles. The van der Waals surface area contributed by atoms with Crippen LogP contribution in [0.3, 0.4) is 0 Å². The fourth-order valence-corrected chi connectivity index (χ4v) is 2.82. The molecule has 1 fully saturated rings. The van der Waals surface area contributed by atoms with Crippen LogP contribution < -0.4 is 10.6 Å². The minimum atomic E-state index is 0.617. The van der Waals surface area contributed by atoms with E-state index in [1.54, 1.807) is 12.3 Å². The molecule has 4 nitrogen and oxygen atoms in total. The van der Waals surface area contributed by atoms with Gasteiger partial charge in [-0.3, -0.25) is 0 Å². The smallest absolute Gasteiger partial charge is 0.147 e. The van der Waals surface area contributed by atoms with Gasteiger partial charge in [-0.1, -0.05) is 11.6 Å². The molecule has 1 aliphatic rings. The number of pyridine rings is 1. The fraction of sp³-hybridized carbons (Fsp3) is 0.615. The van der Waals surface area contributed by atoms with Crippen LogP contribution in [0.25, 0.3) is 0 Å². The van der Waals surface area contributed by atoms with E-state index in [2.05, 4.69) is 28.9 Å². The third-order valence-electron chi connectivity index (χ3n) is 3.38. The number of hydrogen-bond donors (Lipinski definition) is 1. The molecular weight excluding hydrogens is 248 g/mol. The Morgan fingerprint density at radius 1 is 1.44 bits per heavy atom. The van der Waals surface area contributed by atoms with Crippen molar-refractivity contribution >= 4 is 23.1 Å². The second-order valence-corrected chi connectivity index (χ2v) is 5.67. The van der Waals surface area contributed by atoms with Crippen LogP contribution in [0.1, 0.15) is 12.8 Å². The second-order valence-electron chi connectivity index (χ2n) is 5.27. The number of nitrogens with zero attached hydrogens (tertiary/aromatic N) is 3. The maximum absolute atomic E-state index is 6.19. The van der Waals surface area contributed by atoms with Crippen molar-refractivity contribution in [3.63, 3.8) is 0 Å². The van der Waals surface area contributed by atoms with E-state index in [0.717, 1.165) is 31.4 Å². The Balaban J connectivity index is 1.97. The zero-order valence-corrected chi connectivity index (χ0v) is 11.8. The molecule has 0 amide bonds.